The highest BCUT2D eigenvalue weighted by atomic mass is 35.5. The Kier molecular flexibility index (Phi) is 4.35. The highest BCUT2D eigenvalue weighted by molar-refractivity contribution is 7.09. The normalized spacial score (nSPS) is 25.3. The van der Waals surface area contributed by atoms with E-state index in [1.165, 1.54) is 10.7 Å². The van der Waals surface area contributed by atoms with Gasteiger partial charge in [-0.1, -0.05) is 20.8 Å². The van der Waals surface area contributed by atoms with Gasteiger partial charge in [-0.25, -0.2) is 4.98 Å². The van der Waals surface area contributed by atoms with Crippen molar-refractivity contribution in [1.29, 1.82) is 0 Å². The van der Waals surface area contributed by atoms with Gasteiger partial charge >= 0.3 is 0 Å². The first-order chi connectivity index (χ1) is 8.45. The van der Waals surface area contributed by atoms with Crippen molar-refractivity contribution in [1.82, 2.24) is 4.98 Å². The second kappa shape index (κ2) is 5.48. The lowest BCUT2D eigenvalue weighted by Gasteiger charge is -2.34. The Balaban J connectivity index is 2.10. The Morgan fingerprint density at radius 2 is 2.28 bits per heavy atom. The smallest absolute Gasteiger partial charge is 0.0935 e. The van der Waals surface area contributed by atoms with Crippen molar-refractivity contribution in [3.05, 3.63) is 16.1 Å². The third-order valence-corrected chi connectivity index (χ3v) is 4.95. The standard InChI is InChI=1S/C14H22ClNOS/c1-13(2,3)11-8-18-12(16-11)7-14(9-15)5-4-6-17-10-14/h8H,4-7,9-10H2,1-3H3. The average molecular weight is 288 g/mol. The number of nitrogens with zero attached hydrogens (tertiary/aromatic N) is 1. The van der Waals surface area contributed by atoms with Crippen molar-refractivity contribution in [2.45, 2.75) is 45.4 Å². The third-order valence-electron chi connectivity index (χ3n) is 3.53. The first-order valence-corrected chi connectivity index (χ1v) is 7.95. The topological polar surface area (TPSA) is 22.1 Å². The molecular formula is C14H22ClNOS. The van der Waals surface area contributed by atoms with Gasteiger partial charge in [0.2, 0.25) is 0 Å². The highest BCUT2D eigenvalue weighted by Crippen LogP contribution is 2.35. The number of ether oxygens (including phenoxy) is 1. The van der Waals surface area contributed by atoms with E-state index in [9.17, 15) is 0 Å². The Labute approximate surface area is 119 Å². The van der Waals surface area contributed by atoms with Crippen molar-refractivity contribution in [3.63, 3.8) is 0 Å². The second-order valence-corrected chi connectivity index (χ2v) is 7.55. The van der Waals surface area contributed by atoms with Gasteiger partial charge in [0.25, 0.3) is 0 Å². The van der Waals surface area contributed by atoms with E-state index >= 15 is 0 Å². The zero-order valence-electron chi connectivity index (χ0n) is 11.5. The maximum absolute atomic E-state index is 6.18. The van der Waals surface area contributed by atoms with Crippen molar-refractivity contribution >= 4 is 22.9 Å². The number of rotatable bonds is 3. The molecule has 2 rings (SSSR count). The van der Waals surface area contributed by atoms with Crippen LogP contribution in [0.5, 0.6) is 0 Å². The molecule has 0 N–H and O–H groups in total. The molecule has 1 saturated heterocycles. The van der Waals surface area contributed by atoms with Crippen LogP contribution < -0.4 is 0 Å². The molecule has 2 heterocycles. The van der Waals surface area contributed by atoms with Gasteiger partial charge in [0.05, 0.1) is 17.3 Å². The second-order valence-electron chi connectivity index (χ2n) is 6.34. The van der Waals surface area contributed by atoms with Gasteiger partial charge in [-0.15, -0.1) is 22.9 Å². The average Bonchev–Trinajstić information content (AvgIpc) is 2.78. The molecule has 0 aromatic carbocycles. The predicted octanol–water partition coefficient (Wildman–Crippen LogP) is 4.02. The van der Waals surface area contributed by atoms with E-state index in [1.54, 1.807) is 11.3 Å². The summed E-state index contributed by atoms with van der Waals surface area (Å²) in [7, 11) is 0. The number of halogens is 1. The Morgan fingerprint density at radius 3 is 2.78 bits per heavy atom. The summed E-state index contributed by atoms with van der Waals surface area (Å²) in [5.74, 6) is 0.664. The first-order valence-electron chi connectivity index (χ1n) is 6.54. The zero-order chi connectivity index (χ0) is 13.2. The van der Waals surface area contributed by atoms with E-state index in [4.69, 9.17) is 21.3 Å². The van der Waals surface area contributed by atoms with Gasteiger partial charge in [0.15, 0.2) is 0 Å². The molecule has 1 aromatic rings. The number of alkyl halides is 1. The van der Waals surface area contributed by atoms with Gasteiger partial charge in [-0.3, -0.25) is 0 Å². The fraction of sp³-hybridized carbons (Fsp3) is 0.786. The molecule has 18 heavy (non-hydrogen) atoms. The van der Waals surface area contributed by atoms with Crippen molar-refractivity contribution in [3.8, 4) is 0 Å². The first kappa shape index (κ1) is 14.3. The van der Waals surface area contributed by atoms with Crippen LogP contribution in [-0.2, 0) is 16.6 Å². The molecule has 0 aliphatic carbocycles. The monoisotopic (exact) mass is 287 g/mol. The van der Waals surface area contributed by atoms with Crippen LogP contribution in [0, 0.1) is 5.41 Å². The minimum Gasteiger partial charge on any atom is -0.381 e. The van der Waals surface area contributed by atoms with Crippen molar-refractivity contribution < 1.29 is 4.74 Å². The number of thiazole rings is 1. The molecule has 1 aromatic heterocycles. The van der Waals surface area contributed by atoms with E-state index in [-0.39, 0.29) is 10.8 Å². The van der Waals surface area contributed by atoms with E-state index < -0.39 is 0 Å². The van der Waals surface area contributed by atoms with Crippen LogP contribution in [0.4, 0.5) is 0 Å². The molecule has 0 radical (unpaired) electrons. The minimum atomic E-state index is 0.104. The van der Waals surface area contributed by atoms with Crippen LogP contribution in [-0.4, -0.2) is 24.1 Å². The maximum atomic E-state index is 6.18. The van der Waals surface area contributed by atoms with Gasteiger partial charge in [0.1, 0.15) is 0 Å². The maximum Gasteiger partial charge on any atom is 0.0935 e. The van der Waals surface area contributed by atoms with Crippen LogP contribution in [0.25, 0.3) is 0 Å². The van der Waals surface area contributed by atoms with Gasteiger partial charge in [-0.05, 0) is 12.8 Å². The molecule has 4 heteroatoms. The van der Waals surface area contributed by atoms with E-state index in [2.05, 4.69) is 26.2 Å². The molecule has 0 amide bonds. The van der Waals surface area contributed by atoms with Crippen LogP contribution in [0.15, 0.2) is 5.38 Å². The summed E-state index contributed by atoms with van der Waals surface area (Å²) in [6, 6.07) is 0. The third kappa shape index (κ3) is 3.25. The lowest BCUT2D eigenvalue weighted by molar-refractivity contribution is 0.00473. The fourth-order valence-electron chi connectivity index (χ4n) is 2.26. The number of hydrogen-bond acceptors (Lipinski definition) is 3. The SMILES string of the molecule is CC(C)(C)c1csc(CC2(CCl)CCCOC2)n1. The Bertz CT molecular complexity index is 391. The summed E-state index contributed by atoms with van der Waals surface area (Å²) < 4.78 is 5.62. The quantitative estimate of drug-likeness (QED) is 0.784. The van der Waals surface area contributed by atoms with E-state index in [1.807, 2.05) is 0 Å². The van der Waals surface area contributed by atoms with E-state index in [0.717, 1.165) is 32.5 Å². The predicted molar refractivity (Wildman–Crippen MR) is 77.7 cm³/mol. The molecule has 0 saturated carbocycles. The molecule has 1 aliphatic rings. The number of aromatic nitrogens is 1. The van der Waals surface area contributed by atoms with Gasteiger partial charge in [-0.2, -0.15) is 0 Å². The summed E-state index contributed by atoms with van der Waals surface area (Å²) in [5, 5.41) is 3.38. The number of hydrogen-bond donors (Lipinski definition) is 0. The molecule has 1 atom stereocenters. The Morgan fingerprint density at radius 1 is 1.50 bits per heavy atom. The van der Waals surface area contributed by atoms with Crippen molar-refractivity contribution in [2.24, 2.45) is 5.41 Å². The van der Waals surface area contributed by atoms with Crippen molar-refractivity contribution in [2.75, 3.05) is 19.1 Å². The molecule has 1 fully saturated rings. The molecule has 0 spiro atoms. The molecule has 1 aliphatic heterocycles. The fourth-order valence-corrected chi connectivity index (χ4v) is 3.76. The zero-order valence-corrected chi connectivity index (χ0v) is 13.0. The molecule has 0 bridgehead atoms. The largest absolute Gasteiger partial charge is 0.381 e. The van der Waals surface area contributed by atoms with Crippen LogP contribution in [0.3, 0.4) is 0 Å². The summed E-state index contributed by atoms with van der Waals surface area (Å²) in [6.07, 6.45) is 3.22. The Hall–Kier alpha value is -0.120. The van der Waals surface area contributed by atoms with Gasteiger partial charge < -0.3 is 4.74 Å². The summed E-state index contributed by atoms with van der Waals surface area (Å²) in [4.78, 5) is 4.77. The minimum absolute atomic E-state index is 0.104. The summed E-state index contributed by atoms with van der Waals surface area (Å²) in [6.45, 7) is 8.26. The van der Waals surface area contributed by atoms with Crippen LogP contribution in [0.2, 0.25) is 0 Å². The van der Waals surface area contributed by atoms with E-state index in [0.29, 0.717) is 5.88 Å². The lowest BCUT2D eigenvalue weighted by atomic mass is 9.81. The molecule has 102 valence electrons. The molecule has 2 nitrogen and oxygen atoms in total. The molecular weight excluding hydrogens is 266 g/mol. The van der Waals surface area contributed by atoms with Gasteiger partial charge in [0, 0.05) is 35.1 Å². The van der Waals surface area contributed by atoms with Crippen LogP contribution in [0.1, 0.15) is 44.3 Å². The summed E-state index contributed by atoms with van der Waals surface area (Å²) >= 11 is 7.94. The lowest BCUT2D eigenvalue weighted by Crippen LogP contribution is -2.35. The molecule has 1 unspecified atom stereocenters. The highest BCUT2D eigenvalue weighted by Gasteiger charge is 2.33. The summed E-state index contributed by atoms with van der Waals surface area (Å²) in [5.41, 5.74) is 1.42. The van der Waals surface area contributed by atoms with Crippen LogP contribution >= 0.6 is 22.9 Å².